The van der Waals surface area contributed by atoms with Gasteiger partial charge in [0, 0.05) is 18.2 Å². The Labute approximate surface area is 112 Å². The predicted octanol–water partition coefficient (Wildman–Crippen LogP) is 3.78. The zero-order valence-corrected chi connectivity index (χ0v) is 11.8. The van der Waals surface area contributed by atoms with Crippen molar-refractivity contribution in [3.05, 3.63) is 29.0 Å². The molecule has 0 saturated heterocycles. The third kappa shape index (κ3) is 3.59. The van der Waals surface area contributed by atoms with Crippen LogP contribution in [-0.2, 0) is 0 Å². The summed E-state index contributed by atoms with van der Waals surface area (Å²) in [7, 11) is 0. The van der Waals surface area contributed by atoms with Gasteiger partial charge >= 0.3 is 0 Å². The van der Waals surface area contributed by atoms with Crippen molar-refractivity contribution in [1.82, 2.24) is 5.32 Å². The van der Waals surface area contributed by atoms with E-state index in [1.165, 1.54) is 12.1 Å². The van der Waals surface area contributed by atoms with E-state index in [4.69, 9.17) is 16.3 Å². The Kier molecular flexibility index (Phi) is 3.56. The number of rotatable bonds is 4. The normalized spacial score (nSPS) is 17.6. The van der Waals surface area contributed by atoms with Gasteiger partial charge in [-0.1, -0.05) is 11.6 Å². The van der Waals surface area contributed by atoms with Crippen LogP contribution in [0, 0.1) is 5.82 Å². The zero-order valence-electron chi connectivity index (χ0n) is 11.0. The monoisotopic (exact) mass is 271 g/mol. The number of halogens is 2. The lowest BCUT2D eigenvalue weighted by Crippen LogP contribution is -2.43. The maximum absolute atomic E-state index is 13.1. The molecule has 0 amide bonds. The van der Waals surface area contributed by atoms with Gasteiger partial charge in [-0.2, -0.15) is 0 Å². The van der Waals surface area contributed by atoms with E-state index in [1.807, 2.05) is 0 Å². The molecule has 18 heavy (non-hydrogen) atoms. The van der Waals surface area contributed by atoms with E-state index in [1.54, 1.807) is 6.07 Å². The van der Waals surface area contributed by atoms with Crippen LogP contribution in [0.25, 0.3) is 0 Å². The van der Waals surface area contributed by atoms with E-state index in [0.29, 0.717) is 5.75 Å². The van der Waals surface area contributed by atoms with Crippen LogP contribution in [0.2, 0.25) is 5.02 Å². The average Bonchev–Trinajstić information content (AvgIpc) is 3.01. The Morgan fingerprint density at radius 2 is 2.06 bits per heavy atom. The SMILES string of the molecule is CC(C)(C)NCC1(Oc2ccc(F)c(Cl)c2)CC1. The molecule has 0 radical (unpaired) electrons. The standard InChI is InChI=1S/C14H19ClFNO/c1-13(2,3)17-9-14(6-7-14)18-10-4-5-12(16)11(15)8-10/h4-5,8,17H,6-7,9H2,1-3H3. The van der Waals surface area contributed by atoms with Crippen LogP contribution in [0.4, 0.5) is 4.39 Å². The van der Waals surface area contributed by atoms with Gasteiger partial charge < -0.3 is 10.1 Å². The van der Waals surface area contributed by atoms with E-state index in [-0.39, 0.29) is 16.2 Å². The van der Waals surface area contributed by atoms with Crippen LogP contribution in [0.5, 0.6) is 5.75 Å². The smallest absolute Gasteiger partial charge is 0.142 e. The maximum atomic E-state index is 13.1. The molecule has 0 atom stereocenters. The van der Waals surface area contributed by atoms with Crippen molar-refractivity contribution in [3.63, 3.8) is 0 Å². The van der Waals surface area contributed by atoms with Crippen LogP contribution >= 0.6 is 11.6 Å². The third-order valence-corrected chi connectivity index (χ3v) is 3.26. The second-order valence-corrected chi connectivity index (χ2v) is 6.37. The highest BCUT2D eigenvalue weighted by Crippen LogP contribution is 2.40. The van der Waals surface area contributed by atoms with E-state index in [2.05, 4.69) is 26.1 Å². The molecular formula is C14H19ClFNO. The fraction of sp³-hybridized carbons (Fsp3) is 0.571. The molecule has 0 bridgehead atoms. The molecule has 1 aromatic rings. The summed E-state index contributed by atoms with van der Waals surface area (Å²) in [5.41, 5.74) is -0.0756. The number of hydrogen-bond donors (Lipinski definition) is 1. The molecule has 1 fully saturated rings. The van der Waals surface area contributed by atoms with Crippen LogP contribution in [-0.4, -0.2) is 17.7 Å². The fourth-order valence-electron chi connectivity index (χ4n) is 1.67. The van der Waals surface area contributed by atoms with Gasteiger partial charge in [-0.15, -0.1) is 0 Å². The predicted molar refractivity (Wildman–Crippen MR) is 71.8 cm³/mol. The maximum Gasteiger partial charge on any atom is 0.142 e. The lowest BCUT2D eigenvalue weighted by Gasteiger charge is -2.26. The van der Waals surface area contributed by atoms with Gasteiger partial charge in [0.25, 0.3) is 0 Å². The van der Waals surface area contributed by atoms with Gasteiger partial charge in [-0.3, -0.25) is 0 Å². The van der Waals surface area contributed by atoms with Crippen LogP contribution in [0.15, 0.2) is 18.2 Å². The summed E-state index contributed by atoms with van der Waals surface area (Å²) in [4.78, 5) is 0. The van der Waals surface area contributed by atoms with Crippen molar-refractivity contribution in [2.45, 2.75) is 44.8 Å². The van der Waals surface area contributed by atoms with Crippen LogP contribution < -0.4 is 10.1 Å². The summed E-state index contributed by atoms with van der Waals surface area (Å²) in [6.45, 7) is 7.17. The van der Waals surface area contributed by atoms with Gasteiger partial charge in [0.1, 0.15) is 17.2 Å². The van der Waals surface area contributed by atoms with E-state index < -0.39 is 5.82 Å². The molecule has 4 heteroatoms. The number of benzene rings is 1. The Bertz CT molecular complexity index is 438. The molecule has 1 aromatic carbocycles. The van der Waals surface area contributed by atoms with Crippen LogP contribution in [0.3, 0.4) is 0 Å². The molecule has 0 aromatic heterocycles. The van der Waals surface area contributed by atoms with Gasteiger partial charge in [-0.05, 0) is 45.7 Å². The first kappa shape index (κ1) is 13.6. The summed E-state index contributed by atoms with van der Waals surface area (Å²) >= 11 is 5.74. The van der Waals surface area contributed by atoms with Crippen molar-refractivity contribution in [2.75, 3.05) is 6.54 Å². The third-order valence-electron chi connectivity index (χ3n) is 2.97. The van der Waals surface area contributed by atoms with Crippen molar-refractivity contribution >= 4 is 11.6 Å². The molecule has 0 heterocycles. The molecular weight excluding hydrogens is 253 g/mol. The highest BCUT2D eigenvalue weighted by atomic mass is 35.5. The molecule has 2 rings (SSSR count). The molecule has 0 spiro atoms. The lowest BCUT2D eigenvalue weighted by molar-refractivity contribution is 0.164. The van der Waals surface area contributed by atoms with Crippen molar-refractivity contribution in [1.29, 1.82) is 0 Å². The number of ether oxygens (including phenoxy) is 1. The molecule has 1 aliphatic carbocycles. The first-order valence-electron chi connectivity index (χ1n) is 6.19. The van der Waals surface area contributed by atoms with E-state index in [9.17, 15) is 4.39 Å². The molecule has 0 unspecified atom stereocenters. The fourth-order valence-corrected chi connectivity index (χ4v) is 1.84. The van der Waals surface area contributed by atoms with Crippen molar-refractivity contribution in [3.8, 4) is 5.75 Å². The molecule has 2 nitrogen and oxygen atoms in total. The minimum atomic E-state index is -0.415. The molecule has 0 aliphatic heterocycles. The van der Waals surface area contributed by atoms with Gasteiger partial charge in [0.15, 0.2) is 0 Å². The van der Waals surface area contributed by atoms with E-state index >= 15 is 0 Å². The Hall–Kier alpha value is -0.800. The van der Waals surface area contributed by atoms with Gasteiger partial charge in [-0.25, -0.2) is 4.39 Å². The van der Waals surface area contributed by atoms with Crippen molar-refractivity contribution < 1.29 is 9.13 Å². The highest BCUT2D eigenvalue weighted by molar-refractivity contribution is 6.30. The first-order chi connectivity index (χ1) is 8.30. The Morgan fingerprint density at radius 3 is 2.56 bits per heavy atom. The minimum absolute atomic E-state index is 0.0688. The number of hydrogen-bond acceptors (Lipinski definition) is 2. The second kappa shape index (κ2) is 4.71. The van der Waals surface area contributed by atoms with Gasteiger partial charge in [0.05, 0.1) is 5.02 Å². The topological polar surface area (TPSA) is 21.3 Å². The molecule has 100 valence electrons. The second-order valence-electron chi connectivity index (χ2n) is 5.96. The summed E-state index contributed by atoms with van der Waals surface area (Å²) in [6.07, 6.45) is 2.04. The largest absolute Gasteiger partial charge is 0.486 e. The minimum Gasteiger partial charge on any atom is -0.486 e. The van der Waals surface area contributed by atoms with Gasteiger partial charge in [0.2, 0.25) is 0 Å². The first-order valence-corrected chi connectivity index (χ1v) is 6.57. The molecule has 1 aliphatic rings. The molecule has 1 saturated carbocycles. The van der Waals surface area contributed by atoms with Crippen LogP contribution in [0.1, 0.15) is 33.6 Å². The van der Waals surface area contributed by atoms with E-state index in [0.717, 1.165) is 19.4 Å². The Balaban J connectivity index is 1.98. The summed E-state index contributed by atoms with van der Waals surface area (Å²) in [6, 6.07) is 4.50. The summed E-state index contributed by atoms with van der Waals surface area (Å²) in [5, 5.41) is 3.54. The Morgan fingerprint density at radius 1 is 1.39 bits per heavy atom. The summed E-state index contributed by atoms with van der Waals surface area (Å²) in [5.74, 6) is 0.219. The quantitative estimate of drug-likeness (QED) is 0.900. The molecule has 1 N–H and O–H groups in total. The zero-order chi connectivity index (χ0) is 13.4. The lowest BCUT2D eigenvalue weighted by atomic mass is 10.1. The van der Waals surface area contributed by atoms with Crippen molar-refractivity contribution in [2.24, 2.45) is 0 Å². The number of nitrogens with one attached hydrogen (secondary N) is 1. The average molecular weight is 272 g/mol. The summed E-state index contributed by atoms with van der Waals surface area (Å²) < 4.78 is 19.0. The highest BCUT2D eigenvalue weighted by Gasteiger charge is 2.45.